The van der Waals surface area contributed by atoms with Gasteiger partial charge in [-0.1, -0.05) is 0 Å². The second-order valence-corrected chi connectivity index (χ2v) is 8.16. The van der Waals surface area contributed by atoms with Crippen molar-refractivity contribution < 1.29 is 22.7 Å². The van der Waals surface area contributed by atoms with Crippen LogP contribution in [-0.4, -0.2) is 64.1 Å². The van der Waals surface area contributed by atoms with Crippen LogP contribution in [0, 0.1) is 0 Å². The molecule has 144 valence electrons. The summed E-state index contributed by atoms with van der Waals surface area (Å²) in [5, 5.41) is 5.93. The van der Waals surface area contributed by atoms with Crippen molar-refractivity contribution in [3.63, 3.8) is 0 Å². The van der Waals surface area contributed by atoms with E-state index in [2.05, 4.69) is 10.6 Å². The molecule has 2 N–H and O–H groups in total. The number of anilines is 1. The van der Waals surface area contributed by atoms with Crippen LogP contribution in [0.25, 0.3) is 0 Å². The Kier molecular flexibility index (Phi) is 6.13. The Labute approximate surface area is 153 Å². The van der Waals surface area contributed by atoms with E-state index in [0.717, 1.165) is 19.4 Å². The molecular formula is C17H25N3O5S. The lowest BCUT2D eigenvalue weighted by molar-refractivity contribution is -0.117. The Morgan fingerprint density at radius 1 is 1.38 bits per heavy atom. The number of morpholine rings is 1. The van der Waals surface area contributed by atoms with E-state index in [1.165, 1.54) is 10.4 Å². The van der Waals surface area contributed by atoms with E-state index < -0.39 is 10.0 Å². The Morgan fingerprint density at radius 2 is 2.15 bits per heavy atom. The molecule has 3 rings (SSSR count). The van der Waals surface area contributed by atoms with Gasteiger partial charge in [-0.05, 0) is 44.5 Å². The first kappa shape index (κ1) is 19.1. The normalized spacial score (nSPS) is 21.5. The first-order valence-corrected chi connectivity index (χ1v) is 10.4. The highest BCUT2D eigenvalue weighted by molar-refractivity contribution is 7.89. The Balaban J connectivity index is 1.87. The van der Waals surface area contributed by atoms with Crippen LogP contribution < -0.4 is 15.4 Å². The first-order valence-electron chi connectivity index (χ1n) is 8.91. The maximum absolute atomic E-state index is 13.0. The van der Waals surface area contributed by atoms with E-state index in [-0.39, 0.29) is 22.6 Å². The summed E-state index contributed by atoms with van der Waals surface area (Å²) in [7, 11) is -3.73. The van der Waals surface area contributed by atoms with Gasteiger partial charge in [-0.25, -0.2) is 8.42 Å². The fraction of sp³-hybridized carbons (Fsp3) is 0.588. The van der Waals surface area contributed by atoms with Crippen LogP contribution in [0.3, 0.4) is 0 Å². The maximum atomic E-state index is 13.0. The molecule has 1 atom stereocenters. The Bertz CT molecular complexity index is 741. The van der Waals surface area contributed by atoms with Crippen LogP contribution in [0.4, 0.5) is 5.69 Å². The van der Waals surface area contributed by atoms with Gasteiger partial charge in [0, 0.05) is 18.8 Å². The van der Waals surface area contributed by atoms with Crippen molar-refractivity contribution in [1.29, 1.82) is 0 Å². The lowest BCUT2D eigenvalue weighted by atomic mass is 10.2. The van der Waals surface area contributed by atoms with Crippen molar-refractivity contribution in [1.82, 2.24) is 9.62 Å². The molecule has 0 radical (unpaired) electrons. The van der Waals surface area contributed by atoms with E-state index in [0.29, 0.717) is 38.6 Å². The van der Waals surface area contributed by atoms with Crippen LogP contribution in [0.2, 0.25) is 0 Å². The molecule has 0 saturated carbocycles. The van der Waals surface area contributed by atoms with Crippen molar-refractivity contribution in [2.45, 2.75) is 30.7 Å². The van der Waals surface area contributed by atoms with Gasteiger partial charge in [0.1, 0.15) is 10.6 Å². The summed E-state index contributed by atoms with van der Waals surface area (Å²) in [6.45, 7) is 4.31. The maximum Gasteiger partial charge on any atom is 0.246 e. The molecule has 1 aromatic rings. The number of amides is 1. The van der Waals surface area contributed by atoms with Gasteiger partial charge in [-0.15, -0.1) is 0 Å². The summed E-state index contributed by atoms with van der Waals surface area (Å²) in [6, 6.07) is 4.49. The number of hydrogen-bond acceptors (Lipinski definition) is 6. The zero-order valence-electron chi connectivity index (χ0n) is 14.9. The number of benzene rings is 1. The molecular weight excluding hydrogens is 358 g/mol. The quantitative estimate of drug-likeness (QED) is 0.754. The molecule has 2 saturated heterocycles. The summed E-state index contributed by atoms with van der Waals surface area (Å²) in [4.78, 5) is 12.4. The predicted octanol–water partition coefficient (Wildman–Crippen LogP) is 0.797. The van der Waals surface area contributed by atoms with Gasteiger partial charge in [0.25, 0.3) is 0 Å². The summed E-state index contributed by atoms with van der Waals surface area (Å²) in [5.41, 5.74) is 0.444. The number of ether oxygens (including phenoxy) is 2. The summed E-state index contributed by atoms with van der Waals surface area (Å²) < 4.78 is 38.2. The van der Waals surface area contributed by atoms with Gasteiger partial charge in [0.2, 0.25) is 15.9 Å². The highest BCUT2D eigenvalue weighted by Crippen LogP contribution is 2.30. The Hall–Kier alpha value is -1.68. The smallest absolute Gasteiger partial charge is 0.246 e. The zero-order valence-corrected chi connectivity index (χ0v) is 15.7. The number of hydrogen-bond donors (Lipinski definition) is 2. The van der Waals surface area contributed by atoms with E-state index in [4.69, 9.17) is 9.47 Å². The van der Waals surface area contributed by atoms with Gasteiger partial charge in [-0.3, -0.25) is 4.79 Å². The van der Waals surface area contributed by atoms with E-state index >= 15 is 0 Å². The van der Waals surface area contributed by atoms with Crippen molar-refractivity contribution >= 4 is 21.6 Å². The number of sulfonamides is 1. The molecule has 0 bridgehead atoms. The highest BCUT2D eigenvalue weighted by atomic mass is 32.2. The van der Waals surface area contributed by atoms with Crippen LogP contribution in [0.1, 0.15) is 19.8 Å². The average Bonchev–Trinajstić information content (AvgIpc) is 3.19. The van der Waals surface area contributed by atoms with Gasteiger partial charge in [0.05, 0.1) is 25.9 Å². The second-order valence-electron chi connectivity index (χ2n) is 6.25. The standard InChI is InChI=1S/C17H25N3O5S/c1-2-25-15-6-5-13(19-17(21)14-4-3-7-18-14)12-16(15)26(22,23)20-8-10-24-11-9-20/h5-6,12,14,18H,2-4,7-11H2,1H3,(H,19,21). The van der Waals surface area contributed by atoms with Gasteiger partial charge >= 0.3 is 0 Å². The average molecular weight is 383 g/mol. The molecule has 26 heavy (non-hydrogen) atoms. The van der Waals surface area contributed by atoms with Gasteiger partial charge in [0.15, 0.2) is 0 Å². The number of carbonyl (C=O) groups is 1. The molecule has 1 aromatic carbocycles. The summed E-state index contributed by atoms with van der Waals surface area (Å²) in [5.74, 6) is 0.136. The van der Waals surface area contributed by atoms with Crippen molar-refractivity contribution in [3.8, 4) is 5.75 Å². The minimum Gasteiger partial charge on any atom is -0.492 e. The molecule has 2 aliphatic heterocycles. The lowest BCUT2D eigenvalue weighted by Crippen LogP contribution is -2.40. The SMILES string of the molecule is CCOc1ccc(NC(=O)C2CCCN2)cc1S(=O)(=O)N1CCOCC1. The summed E-state index contributed by atoms with van der Waals surface area (Å²) >= 11 is 0. The monoisotopic (exact) mass is 383 g/mol. The third kappa shape index (κ3) is 4.17. The van der Waals surface area contributed by atoms with Crippen molar-refractivity contribution in [3.05, 3.63) is 18.2 Å². The number of nitrogens with one attached hydrogen (secondary N) is 2. The fourth-order valence-electron chi connectivity index (χ4n) is 3.13. The molecule has 9 heteroatoms. The third-order valence-electron chi connectivity index (χ3n) is 4.48. The number of nitrogens with zero attached hydrogens (tertiary/aromatic N) is 1. The number of carbonyl (C=O) groups excluding carboxylic acids is 1. The van der Waals surface area contributed by atoms with Crippen LogP contribution in [0.5, 0.6) is 5.75 Å². The van der Waals surface area contributed by atoms with E-state index in [1.807, 2.05) is 0 Å². The molecule has 2 heterocycles. The van der Waals surface area contributed by atoms with Crippen molar-refractivity contribution in [2.75, 3.05) is 44.8 Å². The highest BCUT2D eigenvalue weighted by Gasteiger charge is 2.30. The first-order chi connectivity index (χ1) is 12.5. The van der Waals surface area contributed by atoms with Crippen LogP contribution in [0.15, 0.2) is 23.1 Å². The van der Waals surface area contributed by atoms with Crippen LogP contribution in [-0.2, 0) is 19.6 Å². The largest absolute Gasteiger partial charge is 0.492 e. The molecule has 2 aliphatic rings. The molecule has 8 nitrogen and oxygen atoms in total. The molecule has 1 amide bonds. The molecule has 1 unspecified atom stereocenters. The molecule has 2 fully saturated rings. The third-order valence-corrected chi connectivity index (χ3v) is 6.40. The minimum atomic E-state index is -3.73. The van der Waals surface area contributed by atoms with Crippen molar-refractivity contribution in [2.24, 2.45) is 0 Å². The fourth-order valence-corrected chi connectivity index (χ4v) is 4.69. The van der Waals surface area contributed by atoms with E-state index in [9.17, 15) is 13.2 Å². The zero-order chi connectivity index (χ0) is 18.6. The molecule has 0 spiro atoms. The number of rotatable bonds is 6. The van der Waals surface area contributed by atoms with Crippen LogP contribution >= 0.6 is 0 Å². The molecule has 0 aromatic heterocycles. The van der Waals surface area contributed by atoms with E-state index in [1.54, 1.807) is 19.1 Å². The topological polar surface area (TPSA) is 97.0 Å². The second kappa shape index (κ2) is 8.34. The van der Waals surface area contributed by atoms with Gasteiger partial charge < -0.3 is 20.1 Å². The minimum absolute atomic E-state index is 0.0680. The van der Waals surface area contributed by atoms with Gasteiger partial charge in [-0.2, -0.15) is 4.31 Å². The lowest BCUT2D eigenvalue weighted by Gasteiger charge is -2.27. The Morgan fingerprint density at radius 3 is 2.81 bits per heavy atom. The summed E-state index contributed by atoms with van der Waals surface area (Å²) in [6.07, 6.45) is 1.74. The molecule has 0 aliphatic carbocycles. The predicted molar refractivity (Wildman–Crippen MR) is 96.8 cm³/mol.